The third-order valence-electron chi connectivity index (χ3n) is 4.49. The lowest BCUT2D eigenvalue weighted by molar-refractivity contribution is 0.0684. The fourth-order valence-corrected chi connectivity index (χ4v) is 3.78. The molecule has 0 atom stereocenters. The molecule has 0 aliphatic carbocycles. The number of hydrogen-bond acceptors (Lipinski definition) is 5. The van der Waals surface area contributed by atoms with Crippen LogP contribution in [0.5, 0.6) is 0 Å². The molecule has 7 nitrogen and oxygen atoms in total. The van der Waals surface area contributed by atoms with Gasteiger partial charge in [0.05, 0.1) is 0 Å². The van der Waals surface area contributed by atoms with Gasteiger partial charge in [-0.15, -0.1) is 21.5 Å². The smallest absolute Gasteiger partial charge is 0.274 e. The molecule has 1 saturated heterocycles. The summed E-state index contributed by atoms with van der Waals surface area (Å²) in [6.45, 7) is 1.57. The monoisotopic (exact) mass is 330 g/mol. The topological polar surface area (TPSA) is 68.3 Å². The lowest BCUT2D eigenvalue weighted by Crippen LogP contribution is -2.39. The van der Waals surface area contributed by atoms with E-state index in [1.54, 1.807) is 17.7 Å². The van der Waals surface area contributed by atoms with Crippen LogP contribution in [0.4, 0.5) is 0 Å². The summed E-state index contributed by atoms with van der Waals surface area (Å²) in [7, 11) is 1.97. The normalized spacial score (nSPS) is 16.3. The second kappa shape index (κ2) is 5.77. The molecule has 0 saturated carbocycles. The molecule has 0 radical (unpaired) electrons. The summed E-state index contributed by atoms with van der Waals surface area (Å²) in [4.78, 5) is 19.8. The van der Waals surface area contributed by atoms with Crippen LogP contribution >= 0.6 is 11.3 Å². The Labute approximate surface area is 137 Å². The number of carbonyl (C=O) groups is 1. The maximum absolute atomic E-state index is 12.6. The zero-order chi connectivity index (χ0) is 15.8. The number of thiazole rings is 1. The Bertz CT molecular complexity index is 797. The van der Waals surface area contributed by atoms with Crippen molar-refractivity contribution in [2.24, 2.45) is 13.0 Å². The van der Waals surface area contributed by atoms with Crippen molar-refractivity contribution in [3.63, 3.8) is 0 Å². The lowest BCUT2D eigenvalue weighted by Gasteiger charge is -2.31. The van der Waals surface area contributed by atoms with E-state index in [9.17, 15) is 4.79 Å². The number of piperidine rings is 1. The summed E-state index contributed by atoms with van der Waals surface area (Å²) in [5, 5.41) is 10.0. The van der Waals surface area contributed by atoms with Gasteiger partial charge in [-0.25, -0.2) is 4.98 Å². The highest BCUT2D eigenvalue weighted by atomic mass is 32.1. The minimum absolute atomic E-state index is 0.0398. The predicted octanol–water partition coefficient (Wildman–Crippen LogP) is 1.62. The molecule has 3 aromatic rings. The van der Waals surface area contributed by atoms with Gasteiger partial charge in [0, 0.05) is 44.3 Å². The second-order valence-electron chi connectivity index (χ2n) is 6.02. The minimum Gasteiger partial charge on any atom is -0.337 e. The minimum atomic E-state index is 0.0398. The standard InChI is InChI=1S/C15H18N6OS/c1-19-10-16-18-13(19)8-11-2-4-20(5-3-11)14(22)12-9-21-6-7-23-15(21)17-12/h6-7,9-11H,2-5,8H2,1H3. The number of amides is 1. The number of likely N-dealkylation sites (tertiary alicyclic amines) is 1. The molecule has 1 aliphatic heterocycles. The fourth-order valence-electron chi connectivity index (χ4n) is 3.08. The summed E-state index contributed by atoms with van der Waals surface area (Å²) < 4.78 is 3.87. The van der Waals surface area contributed by atoms with Crippen LogP contribution in [0.1, 0.15) is 29.2 Å². The molecule has 4 heterocycles. The molecule has 1 aliphatic rings. The first-order chi connectivity index (χ1) is 11.2. The van der Waals surface area contributed by atoms with Crippen LogP contribution < -0.4 is 0 Å². The van der Waals surface area contributed by atoms with Crippen LogP contribution in [0.15, 0.2) is 24.1 Å². The van der Waals surface area contributed by atoms with Crippen LogP contribution in [-0.2, 0) is 13.5 Å². The Morgan fingerprint density at radius 1 is 1.39 bits per heavy atom. The molecule has 8 heteroatoms. The maximum Gasteiger partial charge on any atom is 0.274 e. The third-order valence-corrected chi connectivity index (χ3v) is 5.26. The highest BCUT2D eigenvalue weighted by Crippen LogP contribution is 2.22. The maximum atomic E-state index is 12.6. The van der Waals surface area contributed by atoms with Gasteiger partial charge in [-0.3, -0.25) is 9.20 Å². The molecule has 3 aromatic heterocycles. The molecule has 0 N–H and O–H groups in total. The number of aromatic nitrogens is 5. The van der Waals surface area contributed by atoms with Gasteiger partial charge in [0.1, 0.15) is 17.8 Å². The van der Waals surface area contributed by atoms with Crippen LogP contribution in [0.3, 0.4) is 0 Å². The number of imidazole rings is 1. The van der Waals surface area contributed by atoms with Crippen molar-refractivity contribution < 1.29 is 4.79 Å². The number of carbonyl (C=O) groups excluding carboxylic acids is 1. The number of aryl methyl sites for hydroxylation is 1. The number of hydrogen-bond donors (Lipinski definition) is 0. The van der Waals surface area contributed by atoms with Crippen molar-refractivity contribution in [3.05, 3.63) is 35.6 Å². The van der Waals surface area contributed by atoms with Gasteiger partial charge in [-0.1, -0.05) is 0 Å². The van der Waals surface area contributed by atoms with E-state index < -0.39 is 0 Å². The lowest BCUT2D eigenvalue weighted by atomic mass is 9.93. The quantitative estimate of drug-likeness (QED) is 0.732. The van der Waals surface area contributed by atoms with Gasteiger partial charge in [-0.05, 0) is 18.8 Å². The third kappa shape index (κ3) is 2.74. The van der Waals surface area contributed by atoms with Crippen molar-refractivity contribution in [1.29, 1.82) is 0 Å². The Balaban J connectivity index is 1.38. The molecule has 23 heavy (non-hydrogen) atoms. The average molecular weight is 330 g/mol. The van der Waals surface area contributed by atoms with E-state index >= 15 is 0 Å². The number of fused-ring (bicyclic) bond motifs is 1. The predicted molar refractivity (Wildman–Crippen MR) is 86.4 cm³/mol. The Morgan fingerprint density at radius 2 is 2.22 bits per heavy atom. The zero-order valence-electron chi connectivity index (χ0n) is 12.9. The van der Waals surface area contributed by atoms with Crippen LogP contribution in [0.25, 0.3) is 4.96 Å². The van der Waals surface area contributed by atoms with Crippen molar-refractivity contribution in [1.82, 2.24) is 29.0 Å². The van der Waals surface area contributed by atoms with Gasteiger partial charge in [0.25, 0.3) is 5.91 Å². The number of nitrogens with zero attached hydrogens (tertiary/aromatic N) is 6. The molecular formula is C15H18N6OS. The van der Waals surface area contributed by atoms with Crippen molar-refractivity contribution in [2.75, 3.05) is 13.1 Å². The molecule has 120 valence electrons. The molecule has 0 bridgehead atoms. The summed E-state index contributed by atoms with van der Waals surface area (Å²) >= 11 is 1.54. The van der Waals surface area contributed by atoms with Gasteiger partial charge in [-0.2, -0.15) is 0 Å². The van der Waals surface area contributed by atoms with Crippen molar-refractivity contribution in [2.45, 2.75) is 19.3 Å². The van der Waals surface area contributed by atoms with E-state index in [1.807, 2.05) is 38.7 Å². The van der Waals surface area contributed by atoms with Crippen molar-refractivity contribution >= 4 is 22.2 Å². The molecule has 0 aromatic carbocycles. The average Bonchev–Trinajstić information content (AvgIpc) is 3.24. The van der Waals surface area contributed by atoms with Crippen molar-refractivity contribution in [3.8, 4) is 0 Å². The van der Waals surface area contributed by atoms with E-state index in [4.69, 9.17) is 0 Å². The SMILES string of the molecule is Cn1cnnc1CC1CCN(C(=O)c2cn3ccsc3n2)CC1. The van der Waals surface area contributed by atoms with Crippen LogP contribution in [0, 0.1) is 5.92 Å². The van der Waals surface area contributed by atoms with Crippen LogP contribution in [-0.4, -0.2) is 48.0 Å². The van der Waals surface area contributed by atoms with Gasteiger partial charge in [0.15, 0.2) is 4.96 Å². The van der Waals surface area contributed by atoms with Gasteiger partial charge < -0.3 is 9.47 Å². The molecular weight excluding hydrogens is 312 g/mol. The highest BCUT2D eigenvalue weighted by molar-refractivity contribution is 7.15. The van der Waals surface area contributed by atoms with Gasteiger partial charge >= 0.3 is 0 Å². The molecule has 1 amide bonds. The second-order valence-corrected chi connectivity index (χ2v) is 6.89. The molecule has 4 rings (SSSR count). The van der Waals surface area contributed by atoms with E-state index in [2.05, 4.69) is 15.2 Å². The zero-order valence-corrected chi connectivity index (χ0v) is 13.7. The molecule has 0 unspecified atom stereocenters. The highest BCUT2D eigenvalue weighted by Gasteiger charge is 2.26. The molecule has 1 fully saturated rings. The van der Waals surface area contributed by atoms with E-state index in [0.717, 1.165) is 43.1 Å². The summed E-state index contributed by atoms with van der Waals surface area (Å²) in [5.41, 5.74) is 0.545. The summed E-state index contributed by atoms with van der Waals surface area (Å²) in [6, 6.07) is 0. The largest absolute Gasteiger partial charge is 0.337 e. The number of rotatable bonds is 3. The summed E-state index contributed by atoms with van der Waals surface area (Å²) in [6.07, 6.45) is 8.41. The Morgan fingerprint density at radius 3 is 2.91 bits per heavy atom. The van der Waals surface area contributed by atoms with E-state index in [0.29, 0.717) is 11.6 Å². The summed E-state index contributed by atoms with van der Waals surface area (Å²) in [5.74, 6) is 1.62. The van der Waals surface area contributed by atoms with E-state index in [-0.39, 0.29) is 5.91 Å². The first-order valence-corrected chi connectivity index (χ1v) is 8.63. The van der Waals surface area contributed by atoms with E-state index in [1.165, 1.54) is 0 Å². The molecule has 0 spiro atoms. The first-order valence-electron chi connectivity index (χ1n) is 7.75. The fraction of sp³-hybridized carbons (Fsp3) is 0.467. The van der Waals surface area contributed by atoms with Gasteiger partial charge in [0.2, 0.25) is 0 Å². The first kappa shape index (κ1) is 14.4. The Kier molecular flexibility index (Phi) is 3.60. The Hall–Kier alpha value is -2.22. The van der Waals surface area contributed by atoms with Crippen LogP contribution in [0.2, 0.25) is 0 Å².